The number of nitrogens with two attached hydrogens (primary N) is 1. The number of nitro benzene ring substituents is 1. The topological polar surface area (TPSA) is 136 Å². The number of aromatic hydroxyl groups is 1. The number of anilines is 2. The van der Waals surface area contributed by atoms with Crippen molar-refractivity contribution in [1.82, 2.24) is 0 Å². The van der Waals surface area contributed by atoms with E-state index in [2.05, 4.69) is 0 Å². The number of phenols is 1. The molecule has 0 aliphatic carbocycles. The summed E-state index contributed by atoms with van der Waals surface area (Å²) >= 11 is 0. The van der Waals surface area contributed by atoms with Crippen LogP contribution in [0.25, 0.3) is 0 Å². The molecule has 2 rings (SSSR count). The number of amides is 1. The number of nitrogens with zero attached hydrogens (tertiary/aromatic N) is 2. The van der Waals surface area contributed by atoms with Crippen LogP contribution < -0.4 is 10.6 Å². The minimum atomic E-state index is -0.728. The molecule has 0 heterocycles. The third-order valence-corrected chi connectivity index (χ3v) is 5.21. The third kappa shape index (κ3) is 6.32. The van der Waals surface area contributed by atoms with Gasteiger partial charge in [0.25, 0.3) is 5.69 Å². The summed E-state index contributed by atoms with van der Waals surface area (Å²) < 4.78 is 4.97. The van der Waals surface area contributed by atoms with Crippen molar-refractivity contribution in [1.29, 1.82) is 0 Å². The lowest BCUT2D eigenvalue weighted by atomic mass is 9.79. The lowest BCUT2D eigenvalue weighted by molar-refractivity contribution is -0.384. The second kappa shape index (κ2) is 10.2. The van der Waals surface area contributed by atoms with E-state index in [0.29, 0.717) is 22.5 Å². The van der Waals surface area contributed by atoms with Crippen LogP contribution in [0.2, 0.25) is 0 Å². The van der Waals surface area contributed by atoms with Crippen LogP contribution >= 0.6 is 0 Å². The number of non-ortho nitro benzene ring substituents is 1. The Kier molecular flexibility index (Phi) is 8.05. The van der Waals surface area contributed by atoms with Gasteiger partial charge in [0.05, 0.1) is 4.92 Å². The monoisotopic (exact) mass is 471 g/mol. The van der Waals surface area contributed by atoms with Crippen LogP contribution in [0.3, 0.4) is 0 Å². The molecule has 1 amide bonds. The number of benzene rings is 2. The molecule has 0 bridgehead atoms. The highest BCUT2D eigenvalue weighted by Crippen LogP contribution is 2.43. The number of nitro groups is 1. The number of carbonyl (C=O) groups excluding carboxylic acids is 2. The van der Waals surface area contributed by atoms with E-state index in [1.807, 2.05) is 41.5 Å². The van der Waals surface area contributed by atoms with Crippen molar-refractivity contribution in [3.05, 3.63) is 57.6 Å². The molecule has 184 valence electrons. The van der Waals surface area contributed by atoms with Gasteiger partial charge in [-0.15, -0.1) is 0 Å². The Morgan fingerprint density at radius 2 is 1.50 bits per heavy atom. The molecule has 2 aromatic rings. The van der Waals surface area contributed by atoms with Gasteiger partial charge in [-0.25, -0.2) is 0 Å². The van der Waals surface area contributed by atoms with E-state index in [4.69, 9.17) is 10.5 Å². The molecule has 0 radical (unpaired) electrons. The first kappa shape index (κ1) is 26.8. The Hall–Kier alpha value is -3.46. The number of ether oxygens (including phenoxy) is 1. The molecule has 0 saturated carbocycles. The first-order chi connectivity index (χ1) is 15.7. The Morgan fingerprint density at radius 1 is 1.00 bits per heavy atom. The highest BCUT2D eigenvalue weighted by molar-refractivity contribution is 6.08. The zero-order valence-corrected chi connectivity index (χ0v) is 20.5. The zero-order valence-electron chi connectivity index (χ0n) is 20.5. The van der Waals surface area contributed by atoms with E-state index in [1.54, 1.807) is 12.1 Å². The molecule has 0 aliphatic rings. The lowest BCUT2D eigenvalue weighted by Gasteiger charge is -2.31. The summed E-state index contributed by atoms with van der Waals surface area (Å²) in [7, 11) is 0. The van der Waals surface area contributed by atoms with Crippen LogP contribution in [0.15, 0.2) is 36.4 Å². The van der Waals surface area contributed by atoms with Gasteiger partial charge >= 0.3 is 5.97 Å². The molecular formula is C25H33N3O6. The van der Waals surface area contributed by atoms with Crippen LogP contribution in [-0.2, 0) is 25.2 Å². The van der Waals surface area contributed by atoms with Crippen molar-refractivity contribution >= 4 is 28.9 Å². The molecule has 0 atom stereocenters. The van der Waals surface area contributed by atoms with Crippen molar-refractivity contribution in [2.24, 2.45) is 5.73 Å². The number of rotatable bonds is 7. The minimum Gasteiger partial charge on any atom is -0.507 e. The Balaban J connectivity index is 2.71. The first-order valence-electron chi connectivity index (χ1n) is 11.0. The summed E-state index contributed by atoms with van der Waals surface area (Å²) in [6, 6.07) is 8.88. The van der Waals surface area contributed by atoms with Gasteiger partial charge in [0.2, 0.25) is 5.91 Å². The van der Waals surface area contributed by atoms with Crippen molar-refractivity contribution < 1.29 is 24.4 Å². The summed E-state index contributed by atoms with van der Waals surface area (Å²) in [5.74, 6) is -1.17. The molecule has 0 fully saturated rings. The molecule has 0 unspecified atom stereocenters. The molecule has 34 heavy (non-hydrogen) atoms. The Bertz CT molecular complexity index is 1030. The Labute approximate surface area is 199 Å². The Morgan fingerprint density at radius 3 is 1.91 bits per heavy atom. The van der Waals surface area contributed by atoms with Gasteiger partial charge in [-0.2, -0.15) is 0 Å². The maximum atomic E-state index is 13.3. The largest absolute Gasteiger partial charge is 0.507 e. The summed E-state index contributed by atoms with van der Waals surface area (Å²) in [6.07, 6.45) is -0.548. The zero-order chi connectivity index (χ0) is 25.8. The van der Waals surface area contributed by atoms with Gasteiger partial charge in [-0.1, -0.05) is 41.5 Å². The van der Waals surface area contributed by atoms with Gasteiger partial charge in [-0.3, -0.25) is 24.6 Å². The van der Waals surface area contributed by atoms with Crippen molar-refractivity contribution in [3.63, 3.8) is 0 Å². The SMILES string of the molecule is CC(C)(C)c1cc(N(C(=O)CC(=O)OCCN)c2ccc([N+](=O)[O-])cc2)cc(C(C)(C)C)c1O. The molecule has 9 nitrogen and oxygen atoms in total. The summed E-state index contributed by atoms with van der Waals surface area (Å²) in [5, 5.41) is 22.2. The van der Waals surface area contributed by atoms with Crippen LogP contribution in [0.5, 0.6) is 5.75 Å². The van der Waals surface area contributed by atoms with E-state index < -0.39 is 34.1 Å². The second-order valence-electron chi connectivity index (χ2n) is 10.1. The molecule has 0 saturated heterocycles. The van der Waals surface area contributed by atoms with Crippen LogP contribution in [0.4, 0.5) is 17.1 Å². The summed E-state index contributed by atoms with van der Waals surface area (Å²) in [6.45, 7) is 11.8. The van der Waals surface area contributed by atoms with E-state index >= 15 is 0 Å². The highest BCUT2D eigenvalue weighted by atomic mass is 16.6. The average Bonchev–Trinajstić information content (AvgIpc) is 2.72. The van der Waals surface area contributed by atoms with Crippen LogP contribution in [-0.4, -0.2) is 35.1 Å². The predicted octanol–water partition coefficient (Wildman–Crippen LogP) is 4.45. The van der Waals surface area contributed by atoms with E-state index in [-0.39, 0.29) is 24.6 Å². The quantitative estimate of drug-likeness (QED) is 0.263. The molecule has 9 heteroatoms. The maximum absolute atomic E-state index is 13.3. The first-order valence-corrected chi connectivity index (χ1v) is 11.0. The molecular weight excluding hydrogens is 438 g/mol. The highest BCUT2D eigenvalue weighted by Gasteiger charge is 2.30. The summed E-state index contributed by atoms with van der Waals surface area (Å²) in [4.78, 5) is 37.4. The van der Waals surface area contributed by atoms with E-state index in [1.165, 1.54) is 29.2 Å². The van der Waals surface area contributed by atoms with Gasteiger partial charge < -0.3 is 15.6 Å². The van der Waals surface area contributed by atoms with Crippen molar-refractivity contribution in [2.45, 2.75) is 58.8 Å². The standard InChI is InChI=1S/C25H33N3O6/c1-24(2,3)19-13-18(14-20(23(19)31)25(4,5)6)27(21(29)15-22(30)34-12-11-26)16-7-9-17(10-8-16)28(32)33/h7-10,13-14,31H,11-12,15,26H2,1-6H3. The number of phenolic OH excluding ortho intramolecular Hbond substituents is 1. The van der Waals surface area contributed by atoms with Gasteiger partial charge in [0.1, 0.15) is 18.8 Å². The maximum Gasteiger partial charge on any atom is 0.315 e. The van der Waals surface area contributed by atoms with Crippen LogP contribution in [0, 0.1) is 10.1 Å². The summed E-state index contributed by atoms with van der Waals surface area (Å²) in [5.41, 5.74) is 6.35. The molecule has 0 aromatic heterocycles. The fourth-order valence-electron chi connectivity index (χ4n) is 3.48. The molecule has 3 N–H and O–H groups in total. The minimum absolute atomic E-state index is 0.00873. The lowest BCUT2D eigenvalue weighted by Crippen LogP contribution is -2.30. The smallest absolute Gasteiger partial charge is 0.315 e. The molecule has 0 aliphatic heterocycles. The number of hydrogen-bond donors (Lipinski definition) is 2. The third-order valence-electron chi connectivity index (χ3n) is 5.21. The van der Waals surface area contributed by atoms with Gasteiger partial charge in [-0.05, 0) is 35.1 Å². The molecule has 0 spiro atoms. The van der Waals surface area contributed by atoms with Gasteiger partial charge in [0, 0.05) is 41.2 Å². The second-order valence-corrected chi connectivity index (χ2v) is 10.1. The van der Waals surface area contributed by atoms with Crippen molar-refractivity contribution in [2.75, 3.05) is 18.1 Å². The van der Waals surface area contributed by atoms with E-state index in [0.717, 1.165) is 0 Å². The average molecular weight is 472 g/mol. The fraction of sp³-hybridized carbons (Fsp3) is 0.440. The predicted molar refractivity (Wildman–Crippen MR) is 130 cm³/mol. The fourth-order valence-corrected chi connectivity index (χ4v) is 3.48. The number of esters is 1. The van der Waals surface area contributed by atoms with Crippen LogP contribution in [0.1, 0.15) is 59.1 Å². The van der Waals surface area contributed by atoms with E-state index in [9.17, 15) is 24.8 Å². The van der Waals surface area contributed by atoms with Crippen molar-refractivity contribution in [3.8, 4) is 5.75 Å². The molecule has 2 aromatic carbocycles. The van der Waals surface area contributed by atoms with Gasteiger partial charge in [0.15, 0.2) is 0 Å². The number of carbonyl (C=O) groups is 2. The normalized spacial score (nSPS) is 11.7. The number of hydrogen-bond acceptors (Lipinski definition) is 7.